The minimum atomic E-state index is -0.986. The minimum Gasteiger partial charge on any atom is -0.461 e. The predicted octanol–water partition coefficient (Wildman–Crippen LogP) is 1.84. The van der Waals surface area contributed by atoms with E-state index in [0.29, 0.717) is 11.6 Å². The summed E-state index contributed by atoms with van der Waals surface area (Å²) in [5, 5.41) is 13.6. The molecule has 7 heteroatoms. The third-order valence-electron chi connectivity index (χ3n) is 2.47. The van der Waals surface area contributed by atoms with Crippen LogP contribution >= 0.6 is 11.3 Å². The Morgan fingerprint density at radius 1 is 1.55 bits per heavy atom. The Kier molecular flexibility index (Phi) is 6.67. The number of rotatable bonds is 7. The van der Waals surface area contributed by atoms with E-state index in [0.717, 1.165) is 24.2 Å². The monoisotopic (exact) mass is 295 g/mol. The third-order valence-corrected chi connectivity index (χ3v) is 3.38. The SMILES string of the molecule is CCCCNC(=O)[C@@H](C#N)c1nc(C(=O)OCC)cs1. The molecule has 0 aliphatic rings. The van der Waals surface area contributed by atoms with Crippen molar-refractivity contribution in [1.29, 1.82) is 5.26 Å². The molecule has 1 aromatic rings. The van der Waals surface area contributed by atoms with Crippen LogP contribution in [0.3, 0.4) is 0 Å². The van der Waals surface area contributed by atoms with Crippen molar-refractivity contribution in [3.8, 4) is 6.07 Å². The van der Waals surface area contributed by atoms with Crippen LogP contribution in [0.15, 0.2) is 5.38 Å². The van der Waals surface area contributed by atoms with E-state index in [1.807, 2.05) is 13.0 Å². The molecule has 0 aromatic carbocycles. The van der Waals surface area contributed by atoms with Crippen LogP contribution in [0.4, 0.5) is 0 Å². The summed E-state index contributed by atoms with van der Waals surface area (Å²) in [5.41, 5.74) is 0.133. The van der Waals surface area contributed by atoms with E-state index in [-0.39, 0.29) is 18.2 Å². The van der Waals surface area contributed by atoms with Gasteiger partial charge in [0.1, 0.15) is 5.01 Å². The number of thiazole rings is 1. The van der Waals surface area contributed by atoms with Gasteiger partial charge in [0, 0.05) is 11.9 Å². The van der Waals surface area contributed by atoms with Gasteiger partial charge < -0.3 is 10.1 Å². The molecule has 0 fully saturated rings. The van der Waals surface area contributed by atoms with Crippen molar-refractivity contribution < 1.29 is 14.3 Å². The smallest absolute Gasteiger partial charge is 0.357 e. The zero-order valence-corrected chi connectivity index (χ0v) is 12.3. The van der Waals surface area contributed by atoms with Crippen LogP contribution in [0.2, 0.25) is 0 Å². The van der Waals surface area contributed by atoms with Gasteiger partial charge in [0.25, 0.3) is 0 Å². The molecule has 1 heterocycles. The number of carbonyl (C=O) groups excluding carboxylic acids is 2. The molecule has 0 aliphatic carbocycles. The van der Waals surface area contributed by atoms with Crippen LogP contribution in [-0.2, 0) is 9.53 Å². The van der Waals surface area contributed by atoms with Crippen molar-refractivity contribution in [1.82, 2.24) is 10.3 Å². The number of aromatic nitrogens is 1. The van der Waals surface area contributed by atoms with Gasteiger partial charge >= 0.3 is 5.97 Å². The van der Waals surface area contributed by atoms with E-state index in [9.17, 15) is 9.59 Å². The number of hydrogen-bond donors (Lipinski definition) is 1. The lowest BCUT2D eigenvalue weighted by atomic mass is 10.1. The van der Waals surface area contributed by atoms with Crippen LogP contribution in [-0.4, -0.2) is 30.0 Å². The van der Waals surface area contributed by atoms with Gasteiger partial charge in [0.05, 0.1) is 12.7 Å². The molecule has 0 saturated carbocycles. The van der Waals surface area contributed by atoms with E-state index in [1.165, 1.54) is 5.38 Å². The fourth-order valence-corrected chi connectivity index (χ4v) is 2.26. The number of nitrogens with one attached hydrogen (secondary N) is 1. The maximum atomic E-state index is 11.9. The van der Waals surface area contributed by atoms with Crippen LogP contribution in [0.25, 0.3) is 0 Å². The standard InChI is InChI=1S/C13H17N3O3S/c1-3-5-6-15-11(17)9(7-14)12-16-10(8-20-12)13(18)19-4-2/h8-9H,3-6H2,1-2H3,(H,15,17)/t9-/m1/s1. The molecule has 0 radical (unpaired) electrons. The normalized spacial score (nSPS) is 11.4. The van der Waals surface area contributed by atoms with Gasteiger partial charge in [-0.1, -0.05) is 13.3 Å². The number of amides is 1. The summed E-state index contributed by atoms with van der Waals surface area (Å²) in [4.78, 5) is 27.4. The Hall–Kier alpha value is -1.94. The summed E-state index contributed by atoms with van der Waals surface area (Å²) in [7, 11) is 0. The Bertz CT molecular complexity index is 507. The number of unbranched alkanes of at least 4 members (excludes halogenated alkanes) is 1. The molecule has 0 spiro atoms. The predicted molar refractivity (Wildman–Crippen MR) is 74.3 cm³/mol. The second-order valence-corrected chi connectivity index (χ2v) is 4.89. The number of ether oxygens (including phenoxy) is 1. The first-order chi connectivity index (χ1) is 9.63. The quantitative estimate of drug-likeness (QED) is 0.612. The summed E-state index contributed by atoms with van der Waals surface area (Å²) in [6, 6.07) is 1.91. The lowest BCUT2D eigenvalue weighted by molar-refractivity contribution is -0.121. The Balaban J connectivity index is 2.73. The molecule has 1 rings (SSSR count). The summed E-state index contributed by atoms with van der Waals surface area (Å²) in [6.07, 6.45) is 1.82. The molecule has 0 aliphatic heterocycles. The van der Waals surface area contributed by atoms with Gasteiger partial charge in [0.2, 0.25) is 5.91 Å². The lowest BCUT2D eigenvalue weighted by Gasteiger charge is -2.07. The molecule has 0 unspecified atom stereocenters. The van der Waals surface area contributed by atoms with Crippen molar-refractivity contribution in [2.75, 3.05) is 13.2 Å². The highest BCUT2D eigenvalue weighted by Gasteiger charge is 2.24. The molecule has 1 amide bonds. The molecular weight excluding hydrogens is 278 g/mol. The van der Waals surface area contributed by atoms with Gasteiger partial charge in [0.15, 0.2) is 11.6 Å². The number of carbonyl (C=O) groups is 2. The van der Waals surface area contributed by atoms with E-state index < -0.39 is 11.9 Å². The largest absolute Gasteiger partial charge is 0.461 e. The summed E-state index contributed by atoms with van der Waals surface area (Å²) in [5.74, 6) is -1.91. The first-order valence-corrected chi connectivity index (χ1v) is 7.31. The summed E-state index contributed by atoms with van der Waals surface area (Å²) >= 11 is 1.11. The number of nitrogens with zero attached hydrogens (tertiary/aromatic N) is 2. The number of nitriles is 1. The molecule has 1 N–H and O–H groups in total. The van der Waals surface area contributed by atoms with Crippen LogP contribution in [0, 0.1) is 11.3 Å². The maximum absolute atomic E-state index is 11.9. The molecular formula is C13H17N3O3S. The first kappa shape index (κ1) is 16.1. The van der Waals surface area contributed by atoms with Crippen molar-refractivity contribution in [3.63, 3.8) is 0 Å². The molecule has 6 nitrogen and oxygen atoms in total. The zero-order valence-electron chi connectivity index (χ0n) is 11.5. The van der Waals surface area contributed by atoms with Gasteiger partial charge in [-0.15, -0.1) is 11.3 Å². The second-order valence-electron chi connectivity index (χ2n) is 4.00. The topological polar surface area (TPSA) is 92.1 Å². The summed E-state index contributed by atoms with van der Waals surface area (Å²) < 4.78 is 4.82. The number of esters is 1. The Morgan fingerprint density at radius 3 is 2.90 bits per heavy atom. The molecule has 1 atom stereocenters. The molecule has 108 valence electrons. The van der Waals surface area contributed by atoms with Crippen molar-refractivity contribution in [3.05, 3.63) is 16.1 Å². The van der Waals surface area contributed by atoms with E-state index >= 15 is 0 Å². The average Bonchev–Trinajstić information content (AvgIpc) is 2.90. The van der Waals surface area contributed by atoms with E-state index in [1.54, 1.807) is 6.92 Å². The highest BCUT2D eigenvalue weighted by atomic mass is 32.1. The fraction of sp³-hybridized carbons (Fsp3) is 0.538. The highest BCUT2D eigenvalue weighted by molar-refractivity contribution is 7.10. The maximum Gasteiger partial charge on any atom is 0.357 e. The first-order valence-electron chi connectivity index (χ1n) is 6.43. The molecule has 1 aromatic heterocycles. The van der Waals surface area contributed by atoms with Crippen molar-refractivity contribution in [2.24, 2.45) is 0 Å². The number of hydrogen-bond acceptors (Lipinski definition) is 6. The van der Waals surface area contributed by atoms with Crippen LogP contribution in [0.1, 0.15) is 48.1 Å². The van der Waals surface area contributed by atoms with E-state index in [4.69, 9.17) is 10.00 Å². The van der Waals surface area contributed by atoms with Gasteiger partial charge in [-0.25, -0.2) is 9.78 Å². The van der Waals surface area contributed by atoms with Crippen molar-refractivity contribution in [2.45, 2.75) is 32.6 Å². The summed E-state index contributed by atoms with van der Waals surface area (Å²) in [6.45, 7) is 4.50. The van der Waals surface area contributed by atoms with Gasteiger partial charge in [-0.2, -0.15) is 5.26 Å². The lowest BCUT2D eigenvalue weighted by Crippen LogP contribution is -2.29. The van der Waals surface area contributed by atoms with Crippen molar-refractivity contribution >= 4 is 23.2 Å². The second kappa shape index (κ2) is 8.27. The zero-order chi connectivity index (χ0) is 15.0. The Morgan fingerprint density at radius 2 is 2.30 bits per heavy atom. The molecule has 0 saturated heterocycles. The fourth-order valence-electron chi connectivity index (χ4n) is 1.44. The minimum absolute atomic E-state index is 0.133. The molecule has 20 heavy (non-hydrogen) atoms. The average molecular weight is 295 g/mol. The highest BCUT2D eigenvalue weighted by Crippen LogP contribution is 2.20. The van der Waals surface area contributed by atoms with Crippen LogP contribution in [0.5, 0.6) is 0 Å². The van der Waals surface area contributed by atoms with Gasteiger partial charge in [-0.3, -0.25) is 4.79 Å². The van der Waals surface area contributed by atoms with E-state index in [2.05, 4.69) is 10.3 Å². The van der Waals surface area contributed by atoms with Crippen LogP contribution < -0.4 is 5.32 Å². The molecule has 0 bridgehead atoms. The Labute approximate surface area is 121 Å². The van der Waals surface area contributed by atoms with Gasteiger partial charge in [-0.05, 0) is 13.3 Å². The third kappa shape index (κ3) is 4.31.